The molecule has 4 heteroatoms. The van der Waals surface area contributed by atoms with Crippen molar-refractivity contribution < 1.29 is 9.21 Å². The highest BCUT2D eigenvalue weighted by atomic mass is 16.3. The average Bonchev–Trinajstić information content (AvgIpc) is 2.94. The molecule has 3 rings (SSSR count). The first-order valence-corrected chi connectivity index (χ1v) is 8.76. The number of carbonyl (C=O) groups is 1. The Morgan fingerprint density at radius 3 is 2.42 bits per heavy atom. The normalized spacial score (nSPS) is 15.7. The van der Waals surface area contributed by atoms with Gasteiger partial charge in [-0.1, -0.05) is 30.3 Å². The lowest BCUT2D eigenvalue weighted by Crippen LogP contribution is -2.48. The number of hydrogen-bond donors (Lipinski definition) is 0. The second-order valence-corrected chi connectivity index (χ2v) is 6.55. The fourth-order valence-corrected chi connectivity index (χ4v) is 3.34. The second kappa shape index (κ2) is 7.67. The summed E-state index contributed by atoms with van der Waals surface area (Å²) in [5.41, 5.74) is 2.11. The summed E-state index contributed by atoms with van der Waals surface area (Å²) in [6.07, 6.45) is 2.28. The highest BCUT2D eigenvalue weighted by Gasteiger charge is 2.24. The third-order valence-electron chi connectivity index (χ3n) is 4.71. The molecule has 1 aliphatic rings. The maximum atomic E-state index is 12.6. The van der Waals surface area contributed by atoms with E-state index < -0.39 is 0 Å². The molecule has 1 fully saturated rings. The van der Waals surface area contributed by atoms with Crippen molar-refractivity contribution in [3.8, 4) is 0 Å². The lowest BCUT2D eigenvalue weighted by atomic mass is 10.1. The Morgan fingerprint density at radius 2 is 1.79 bits per heavy atom. The summed E-state index contributed by atoms with van der Waals surface area (Å²) in [7, 11) is 0. The highest BCUT2D eigenvalue weighted by molar-refractivity contribution is 5.95. The van der Waals surface area contributed by atoms with Gasteiger partial charge in [-0.2, -0.15) is 0 Å². The van der Waals surface area contributed by atoms with E-state index in [0.717, 1.165) is 57.1 Å². The summed E-state index contributed by atoms with van der Waals surface area (Å²) in [5, 5.41) is 0. The molecule has 4 nitrogen and oxygen atoms in total. The topological polar surface area (TPSA) is 36.7 Å². The van der Waals surface area contributed by atoms with Gasteiger partial charge in [0, 0.05) is 26.2 Å². The SMILES string of the molecule is Cc1cc(C(=O)N2CCN(CCCc3ccccc3)CC2)c(C)o1. The number of benzene rings is 1. The van der Waals surface area contributed by atoms with Gasteiger partial charge in [0.05, 0.1) is 5.56 Å². The Balaban J connectivity index is 1.44. The molecule has 0 saturated carbocycles. The second-order valence-electron chi connectivity index (χ2n) is 6.55. The van der Waals surface area contributed by atoms with E-state index in [1.165, 1.54) is 5.56 Å². The number of aryl methyl sites for hydroxylation is 3. The standard InChI is InChI=1S/C20H26N2O2/c1-16-15-19(17(2)24-16)20(23)22-13-11-21(12-14-22)10-6-9-18-7-4-3-5-8-18/h3-5,7-8,15H,6,9-14H2,1-2H3. The van der Waals surface area contributed by atoms with Gasteiger partial charge in [-0.05, 0) is 44.9 Å². The minimum atomic E-state index is 0.105. The zero-order chi connectivity index (χ0) is 16.9. The first kappa shape index (κ1) is 16.8. The largest absolute Gasteiger partial charge is 0.466 e. The number of hydrogen-bond acceptors (Lipinski definition) is 3. The van der Waals surface area contributed by atoms with Crippen LogP contribution in [0.15, 0.2) is 40.8 Å². The van der Waals surface area contributed by atoms with E-state index >= 15 is 0 Å². The zero-order valence-electron chi connectivity index (χ0n) is 14.6. The average molecular weight is 326 g/mol. The Labute approximate surface area is 144 Å². The number of piperazine rings is 1. The van der Waals surface area contributed by atoms with Crippen LogP contribution in [0.4, 0.5) is 0 Å². The number of amides is 1. The van der Waals surface area contributed by atoms with Crippen LogP contribution < -0.4 is 0 Å². The Bertz CT molecular complexity index is 670. The molecule has 0 aliphatic carbocycles. The van der Waals surface area contributed by atoms with E-state index in [0.29, 0.717) is 5.56 Å². The lowest BCUT2D eigenvalue weighted by molar-refractivity contribution is 0.0634. The molecule has 0 radical (unpaired) electrons. The van der Waals surface area contributed by atoms with Crippen LogP contribution in [0.3, 0.4) is 0 Å². The molecular weight excluding hydrogens is 300 g/mol. The zero-order valence-corrected chi connectivity index (χ0v) is 14.6. The van der Waals surface area contributed by atoms with Gasteiger partial charge in [0.15, 0.2) is 0 Å². The molecule has 0 atom stereocenters. The first-order valence-electron chi connectivity index (χ1n) is 8.76. The minimum Gasteiger partial charge on any atom is -0.466 e. The van der Waals surface area contributed by atoms with Crippen molar-refractivity contribution in [1.29, 1.82) is 0 Å². The summed E-state index contributed by atoms with van der Waals surface area (Å²) in [6, 6.07) is 12.5. The first-order chi connectivity index (χ1) is 11.6. The summed E-state index contributed by atoms with van der Waals surface area (Å²) in [6.45, 7) is 8.35. The Kier molecular flexibility index (Phi) is 5.36. The predicted molar refractivity (Wildman–Crippen MR) is 95.3 cm³/mol. The van der Waals surface area contributed by atoms with E-state index in [4.69, 9.17) is 4.42 Å². The fourth-order valence-electron chi connectivity index (χ4n) is 3.34. The number of rotatable bonds is 5. The van der Waals surface area contributed by atoms with Crippen molar-refractivity contribution in [2.24, 2.45) is 0 Å². The summed E-state index contributed by atoms with van der Waals surface area (Å²) in [5.74, 6) is 1.63. The molecule has 0 N–H and O–H groups in total. The van der Waals surface area contributed by atoms with E-state index in [-0.39, 0.29) is 5.91 Å². The van der Waals surface area contributed by atoms with Gasteiger partial charge in [0.25, 0.3) is 5.91 Å². The van der Waals surface area contributed by atoms with Crippen LogP contribution in [-0.4, -0.2) is 48.4 Å². The molecule has 128 valence electrons. The quantitative estimate of drug-likeness (QED) is 0.846. The van der Waals surface area contributed by atoms with Crippen molar-refractivity contribution >= 4 is 5.91 Å². The monoisotopic (exact) mass is 326 g/mol. The maximum Gasteiger partial charge on any atom is 0.257 e. The van der Waals surface area contributed by atoms with Gasteiger partial charge >= 0.3 is 0 Å². The molecule has 24 heavy (non-hydrogen) atoms. The van der Waals surface area contributed by atoms with Gasteiger partial charge in [-0.15, -0.1) is 0 Å². The van der Waals surface area contributed by atoms with Crippen molar-refractivity contribution in [1.82, 2.24) is 9.80 Å². The third-order valence-corrected chi connectivity index (χ3v) is 4.71. The van der Waals surface area contributed by atoms with Crippen LogP contribution in [-0.2, 0) is 6.42 Å². The molecule has 2 aromatic rings. The molecule has 0 bridgehead atoms. The van der Waals surface area contributed by atoms with Gasteiger partial charge < -0.3 is 9.32 Å². The van der Waals surface area contributed by atoms with Crippen molar-refractivity contribution in [2.45, 2.75) is 26.7 Å². The van der Waals surface area contributed by atoms with Crippen molar-refractivity contribution in [3.05, 3.63) is 59.0 Å². The summed E-state index contributed by atoms with van der Waals surface area (Å²) >= 11 is 0. The molecule has 0 unspecified atom stereocenters. The van der Waals surface area contributed by atoms with Crippen molar-refractivity contribution in [3.63, 3.8) is 0 Å². The molecule has 1 amide bonds. The number of nitrogens with zero attached hydrogens (tertiary/aromatic N) is 2. The molecule has 1 saturated heterocycles. The van der Waals surface area contributed by atoms with Crippen LogP contribution in [0.1, 0.15) is 33.9 Å². The van der Waals surface area contributed by atoms with Gasteiger partial charge in [-0.25, -0.2) is 0 Å². The summed E-state index contributed by atoms with van der Waals surface area (Å²) in [4.78, 5) is 17.0. The molecular formula is C20H26N2O2. The Morgan fingerprint density at radius 1 is 1.08 bits per heavy atom. The van der Waals surface area contributed by atoms with Crippen LogP contribution in [0, 0.1) is 13.8 Å². The Hall–Kier alpha value is -2.07. The van der Waals surface area contributed by atoms with Gasteiger partial charge in [0.1, 0.15) is 11.5 Å². The predicted octanol–water partition coefficient (Wildman–Crippen LogP) is 3.29. The lowest BCUT2D eigenvalue weighted by Gasteiger charge is -2.34. The molecule has 0 spiro atoms. The summed E-state index contributed by atoms with van der Waals surface area (Å²) < 4.78 is 5.48. The van der Waals surface area contributed by atoms with Crippen LogP contribution in [0.2, 0.25) is 0 Å². The van der Waals surface area contributed by atoms with E-state index in [2.05, 4.69) is 35.2 Å². The number of furan rings is 1. The van der Waals surface area contributed by atoms with E-state index in [1.54, 1.807) is 0 Å². The van der Waals surface area contributed by atoms with Crippen molar-refractivity contribution in [2.75, 3.05) is 32.7 Å². The smallest absolute Gasteiger partial charge is 0.257 e. The molecule has 1 aromatic carbocycles. The van der Waals surface area contributed by atoms with Gasteiger partial charge in [-0.3, -0.25) is 9.69 Å². The van der Waals surface area contributed by atoms with Gasteiger partial charge in [0.2, 0.25) is 0 Å². The van der Waals surface area contributed by atoms with Crippen LogP contribution in [0.5, 0.6) is 0 Å². The molecule has 1 aliphatic heterocycles. The number of carbonyl (C=O) groups excluding carboxylic acids is 1. The molecule has 2 heterocycles. The van der Waals surface area contributed by atoms with Crippen LogP contribution >= 0.6 is 0 Å². The molecule has 1 aromatic heterocycles. The maximum absolute atomic E-state index is 12.6. The third kappa shape index (κ3) is 4.06. The van der Waals surface area contributed by atoms with Crippen LogP contribution in [0.25, 0.3) is 0 Å². The fraction of sp³-hybridized carbons (Fsp3) is 0.450. The van der Waals surface area contributed by atoms with E-state index in [9.17, 15) is 4.79 Å². The highest BCUT2D eigenvalue weighted by Crippen LogP contribution is 2.17. The minimum absolute atomic E-state index is 0.105. The van der Waals surface area contributed by atoms with E-state index in [1.807, 2.05) is 24.8 Å².